The van der Waals surface area contributed by atoms with Crippen LogP contribution < -0.4 is 0 Å². The molecule has 0 heterocycles. The molecule has 0 saturated carbocycles. The van der Waals surface area contributed by atoms with Crippen LogP contribution in [0.25, 0.3) is 0 Å². The zero-order valence-corrected chi connectivity index (χ0v) is 20.0. The van der Waals surface area contributed by atoms with Gasteiger partial charge in [0, 0.05) is 50.6 Å². The van der Waals surface area contributed by atoms with Crippen LogP contribution in [0, 0.1) is 0 Å². The van der Waals surface area contributed by atoms with Crippen LogP contribution in [-0.2, 0) is 39.5 Å². The van der Waals surface area contributed by atoms with Gasteiger partial charge >= 0.3 is 9.05 Å². The Balaban J connectivity index is -0.000000154. The van der Waals surface area contributed by atoms with Crippen LogP contribution in [-0.4, -0.2) is 54.3 Å². The summed E-state index contributed by atoms with van der Waals surface area (Å²) in [6, 6.07) is 0. The molecule has 6 N–H and O–H groups in total. The van der Waals surface area contributed by atoms with Gasteiger partial charge in [0.2, 0.25) is 0 Å². The van der Waals surface area contributed by atoms with Crippen molar-refractivity contribution in [1.82, 2.24) is 0 Å². The molecule has 9 heteroatoms. The minimum absolute atomic E-state index is 0. The van der Waals surface area contributed by atoms with E-state index in [2.05, 4.69) is 0 Å². The van der Waals surface area contributed by atoms with Gasteiger partial charge in [-0.3, -0.25) is 0 Å². The molecule has 0 fully saturated rings. The van der Waals surface area contributed by atoms with E-state index >= 15 is 0 Å². The molecule has 0 aromatic carbocycles. The standard InChI is InChI=1S/C12H28O4Si.C3H8O.2H2O.Zr/c1-7-10(4)14-17(13,15-11(5)8-2)16-12(6)9-3;1-3(2)4;;;/h10-13H,7-9H2,1-6H3;3-4H,1-2H3;2*1H2;. The SMILES string of the molecule is CC(C)O.CCC(C)O[Si](O)(OC(C)CC)OC(C)CC.O.O.[Zr]. The summed E-state index contributed by atoms with van der Waals surface area (Å²) in [6.45, 7) is 15.2. The van der Waals surface area contributed by atoms with E-state index in [9.17, 15) is 4.80 Å². The van der Waals surface area contributed by atoms with Crippen molar-refractivity contribution in [2.24, 2.45) is 0 Å². The number of hydrogen-bond donors (Lipinski definition) is 2. The molecule has 0 aromatic rings. The van der Waals surface area contributed by atoms with Gasteiger partial charge in [-0.25, -0.2) is 0 Å². The molecule has 0 aromatic heterocycles. The summed E-state index contributed by atoms with van der Waals surface area (Å²) in [4.78, 5) is 10.4. The summed E-state index contributed by atoms with van der Waals surface area (Å²) in [6.07, 6.45) is 2.13. The second-order valence-corrected chi connectivity index (χ2v) is 7.38. The second kappa shape index (κ2) is 20.1. The minimum Gasteiger partial charge on any atom is -0.412 e. The van der Waals surface area contributed by atoms with Crippen LogP contribution in [0.5, 0.6) is 0 Å². The van der Waals surface area contributed by atoms with E-state index in [4.69, 9.17) is 18.4 Å². The Morgan fingerprint density at radius 2 is 0.875 bits per heavy atom. The van der Waals surface area contributed by atoms with Gasteiger partial charge in [-0.2, -0.15) is 0 Å². The average Bonchev–Trinajstić information content (AvgIpc) is 2.36. The minimum atomic E-state index is -3.50. The predicted molar refractivity (Wildman–Crippen MR) is 95.1 cm³/mol. The molecule has 0 aliphatic rings. The molecule has 3 atom stereocenters. The van der Waals surface area contributed by atoms with Crippen molar-refractivity contribution in [2.75, 3.05) is 0 Å². The van der Waals surface area contributed by atoms with Gasteiger partial charge in [-0.15, -0.1) is 0 Å². The number of aliphatic hydroxyl groups is 1. The predicted octanol–water partition coefficient (Wildman–Crippen LogP) is 1.59. The fraction of sp³-hybridized carbons (Fsp3) is 1.00. The zero-order valence-electron chi connectivity index (χ0n) is 16.5. The van der Waals surface area contributed by atoms with E-state index in [-0.39, 0.29) is 61.6 Å². The van der Waals surface area contributed by atoms with E-state index in [1.54, 1.807) is 13.8 Å². The van der Waals surface area contributed by atoms with E-state index in [0.29, 0.717) is 0 Å². The van der Waals surface area contributed by atoms with Gasteiger partial charge in [0.1, 0.15) is 0 Å². The number of hydrogen-bond acceptors (Lipinski definition) is 5. The molecule has 0 spiro atoms. The first kappa shape index (κ1) is 35.8. The first-order valence-electron chi connectivity index (χ1n) is 8.03. The molecule has 0 radical (unpaired) electrons. The largest absolute Gasteiger partial charge is 0.677 e. The van der Waals surface area contributed by atoms with Crippen molar-refractivity contribution in [3.05, 3.63) is 0 Å². The van der Waals surface area contributed by atoms with Crippen molar-refractivity contribution in [3.8, 4) is 0 Å². The van der Waals surface area contributed by atoms with Crippen molar-refractivity contribution in [2.45, 2.75) is 99.1 Å². The van der Waals surface area contributed by atoms with Gasteiger partial charge in [0.15, 0.2) is 0 Å². The molecule has 0 rings (SSSR count). The quantitative estimate of drug-likeness (QED) is 0.514. The van der Waals surface area contributed by atoms with Crippen molar-refractivity contribution in [3.63, 3.8) is 0 Å². The summed E-state index contributed by atoms with van der Waals surface area (Å²) in [5, 5.41) is 8.06. The second-order valence-electron chi connectivity index (χ2n) is 5.63. The molecule has 0 saturated heterocycles. The monoisotopic (exact) mass is 450 g/mol. The Morgan fingerprint density at radius 3 is 1.00 bits per heavy atom. The third-order valence-corrected chi connectivity index (χ3v) is 4.88. The molecule has 0 bridgehead atoms. The first-order valence-corrected chi connectivity index (χ1v) is 9.71. The summed E-state index contributed by atoms with van der Waals surface area (Å²) in [5.41, 5.74) is 0. The number of aliphatic hydroxyl groups excluding tert-OH is 1. The van der Waals surface area contributed by atoms with E-state index < -0.39 is 9.05 Å². The normalized spacial score (nSPS) is 16.1. The smallest absolute Gasteiger partial charge is 0.412 e. The van der Waals surface area contributed by atoms with Gasteiger partial charge in [0.25, 0.3) is 0 Å². The van der Waals surface area contributed by atoms with Crippen LogP contribution in [0.3, 0.4) is 0 Å². The number of rotatable bonds is 9. The van der Waals surface area contributed by atoms with Crippen LogP contribution in [0.15, 0.2) is 0 Å². The van der Waals surface area contributed by atoms with Crippen molar-refractivity contribution < 1.29 is 60.3 Å². The topological polar surface area (TPSA) is 131 Å². The molecule has 0 aliphatic carbocycles. The molecule has 7 nitrogen and oxygen atoms in total. The van der Waals surface area contributed by atoms with E-state index in [1.165, 1.54) is 0 Å². The third-order valence-electron chi connectivity index (χ3n) is 2.78. The fourth-order valence-corrected chi connectivity index (χ4v) is 3.29. The summed E-state index contributed by atoms with van der Waals surface area (Å²) < 4.78 is 16.7. The Morgan fingerprint density at radius 1 is 0.708 bits per heavy atom. The molecule has 3 unspecified atom stereocenters. The van der Waals surface area contributed by atoms with Crippen LogP contribution in [0.1, 0.15) is 74.7 Å². The maximum Gasteiger partial charge on any atom is 0.677 e. The van der Waals surface area contributed by atoms with Gasteiger partial charge < -0.3 is 34.1 Å². The van der Waals surface area contributed by atoms with E-state index in [1.807, 2.05) is 41.5 Å². The van der Waals surface area contributed by atoms with Crippen LogP contribution >= 0.6 is 0 Å². The maximum absolute atomic E-state index is 10.4. The molecular weight excluding hydrogens is 411 g/mol. The Kier molecular flexibility index (Phi) is 30.1. The van der Waals surface area contributed by atoms with Crippen LogP contribution in [0.4, 0.5) is 0 Å². The molecule has 0 amide bonds. The molecule has 150 valence electrons. The van der Waals surface area contributed by atoms with Crippen molar-refractivity contribution >= 4 is 9.05 Å². The molecule has 24 heavy (non-hydrogen) atoms. The zero-order chi connectivity index (χ0) is 17.1. The van der Waals surface area contributed by atoms with Crippen LogP contribution in [0.2, 0.25) is 0 Å². The summed E-state index contributed by atoms with van der Waals surface area (Å²) in [7, 11) is -3.50. The van der Waals surface area contributed by atoms with Crippen molar-refractivity contribution in [1.29, 1.82) is 0 Å². The van der Waals surface area contributed by atoms with Gasteiger partial charge in [-0.05, 0) is 53.9 Å². The van der Waals surface area contributed by atoms with E-state index in [0.717, 1.165) is 19.3 Å². The Labute approximate surface area is 168 Å². The maximum atomic E-state index is 10.4. The molecular formula is C15H40O7SiZr. The fourth-order valence-electron chi connectivity index (χ4n) is 1.10. The summed E-state index contributed by atoms with van der Waals surface area (Å²) in [5.74, 6) is 0. The molecule has 0 aliphatic heterocycles. The summed E-state index contributed by atoms with van der Waals surface area (Å²) >= 11 is 0. The first-order chi connectivity index (χ1) is 9.60. The Bertz CT molecular complexity index is 214. The Hall–Kier alpha value is 0.820. The average molecular weight is 452 g/mol. The third kappa shape index (κ3) is 22.8. The van der Waals surface area contributed by atoms with Gasteiger partial charge in [-0.1, -0.05) is 20.8 Å². The van der Waals surface area contributed by atoms with Gasteiger partial charge in [0.05, 0.1) is 0 Å².